The average molecular weight is 244 g/mol. The zero-order valence-corrected chi connectivity index (χ0v) is 9.79. The summed E-state index contributed by atoms with van der Waals surface area (Å²) in [7, 11) is 0. The van der Waals surface area contributed by atoms with Crippen molar-refractivity contribution < 1.29 is 9.66 Å². The monoisotopic (exact) mass is 244 g/mol. The van der Waals surface area contributed by atoms with Gasteiger partial charge in [0.1, 0.15) is 11.5 Å². The van der Waals surface area contributed by atoms with E-state index >= 15 is 0 Å². The van der Waals surface area contributed by atoms with Crippen LogP contribution in [0.5, 0.6) is 11.5 Å². The van der Waals surface area contributed by atoms with Crippen molar-refractivity contribution in [2.45, 2.75) is 6.92 Å². The van der Waals surface area contributed by atoms with Gasteiger partial charge in [-0.2, -0.15) is 0 Å². The third-order valence-corrected chi connectivity index (χ3v) is 2.49. The Morgan fingerprint density at radius 1 is 1.11 bits per heavy atom. The first-order chi connectivity index (χ1) is 8.56. The highest BCUT2D eigenvalue weighted by Gasteiger charge is 2.11. The molecule has 2 aromatic rings. The number of nitrogens with zero attached hydrogens (tertiary/aromatic N) is 1. The van der Waals surface area contributed by atoms with Crippen LogP contribution in [0.4, 0.5) is 11.4 Å². The topological polar surface area (TPSA) is 78.4 Å². The van der Waals surface area contributed by atoms with Crippen LogP contribution >= 0.6 is 0 Å². The summed E-state index contributed by atoms with van der Waals surface area (Å²) in [6.07, 6.45) is 0. The molecule has 0 amide bonds. The van der Waals surface area contributed by atoms with Gasteiger partial charge in [0, 0.05) is 11.3 Å². The zero-order chi connectivity index (χ0) is 13.1. The molecule has 2 aromatic carbocycles. The molecule has 0 radical (unpaired) electrons. The fraction of sp³-hybridized carbons (Fsp3) is 0.0769. The summed E-state index contributed by atoms with van der Waals surface area (Å²) in [5.41, 5.74) is 6.84. The standard InChI is InChI=1S/C13H12N2O3/c1-9-2-5-12(8-13(9)15(16)17)18-11-6-3-10(14)4-7-11/h2-8H,14H2,1H3. The Morgan fingerprint density at radius 3 is 2.33 bits per heavy atom. The summed E-state index contributed by atoms with van der Waals surface area (Å²) in [5.74, 6) is 1.01. The van der Waals surface area contributed by atoms with Gasteiger partial charge in [-0.25, -0.2) is 0 Å². The van der Waals surface area contributed by atoms with Crippen molar-refractivity contribution in [2.75, 3.05) is 5.73 Å². The smallest absolute Gasteiger partial charge is 0.276 e. The van der Waals surface area contributed by atoms with Gasteiger partial charge in [-0.1, -0.05) is 0 Å². The molecule has 5 nitrogen and oxygen atoms in total. The van der Waals surface area contributed by atoms with E-state index in [1.54, 1.807) is 43.3 Å². The molecule has 0 bridgehead atoms. The normalized spacial score (nSPS) is 10.1. The molecule has 0 atom stereocenters. The fourth-order valence-electron chi connectivity index (χ4n) is 1.52. The number of benzene rings is 2. The Balaban J connectivity index is 2.27. The molecule has 92 valence electrons. The van der Waals surface area contributed by atoms with E-state index in [1.807, 2.05) is 0 Å². The van der Waals surface area contributed by atoms with Gasteiger partial charge in [0.05, 0.1) is 11.0 Å². The van der Waals surface area contributed by atoms with Gasteiger partial charge in [0.15, 0.2) is 0 Å². The minimum absolute atomic E-state index is 0.0444. The van der Waals surface area contributed by atoms with Gasteiger partial charge in [-0.3, -0.25) is 10.1 Å². The summed E-state index contributed by atoms with van der Waals surface area (Å²) in [5, 5.41) is 10.8. The van der Waals surface area contributed by atoms with Gasteiger partial charge in [0.2, 0.25) is 0 Å². The highest BCUT2D eigenvalue weighted by molar-refractivity contribution is 5.47. The number of nitrogens with two attached hydrogens (primary N) is 1. The Labute approximate surface area is 104 Å². The van der Waals surface area contributed by atoms with Crippen molar-refractivity contribution >= 4 is 11.4 Å². The summed E-state index contributed by atoms with van der Waals surface area (Å²) in [6.45, 7) is 1.69. The lowest BCUT2D eigenvalue weighted by Crippen LogP contribution is -1.93. The van der Waals surface area contributed by atoms with Crippen molar-refractivity contribution in [3.05, 3.63) is 58.1 Å². The van der Waals surface area contributed by atoms with Crippen molar-refractivity contribution in [3.63, 3.8) is 0 Å². The molecular weight excluding hydrogens is 232 g/mol. The molecule has 0 saturated heterocycles. The van der Waals surface area contributed by atoms with Crippen molar-refractivity contribution in [2.24, 2.45) is 0 Å². The number of ether oxygens (including phenoxy) is 1. The largest absolute Gasteiger partial charge is 0.457 e. The van der Waals surface area contributed by atoms with Crippen LogP contribution in [0, 0.1) is 17.0 Å². The highest BCUT2D eigenvalue weighted by atomic mass is 16.6. The molecule has 0 aliphatic carbocycles. The van der Waals surface area contributed by atoms with Crippen LogP contribution in [0.25, 0.3) is 0 Å². The van der Waals surface area contributed by atoms with Gasteiger partial charge in [-0.15, -0.1) is 0 Å². The van der Waals surface area contributed by atoms with E-state index < -0.39 is 4.92 Å². The molecule has 0 spiro atoms. The molecule has 18 heavy (non-hydrogen) atoms. The van der Waals surface area contributed by atoms with Gasteiger partial charge < -0.3 is 10.5 Å². The van der Waals surface area contributed by atoms with Crippen LogP contribution in [-0.4, -0.2) is 4.92 Å². The average Bonchev–Trinajstić information content (AvgIpc) is 2.34. The number of nitro benzene ring substituents is 1. The van der Waals surface area contributed by atoms with E-state index in [2.05, 4.69) is 0 Å². The SMILES string of the molecule is Cc1ccc(Oc2ccc(N)cc2)cc1[N+](=O)[O-]. The maximum Gasteiger partial charge on any atom is 0.276 e. The van der Waals surface area contributed by atoms with E-state index in [4.69, 9.17) is 10.5 Å². The summed E-state index contributed by atoms with van der Waals surface area (Å²) in [6, 6.07) is 11.6. The summed E-state index contributed by atoms with van der Waals surface area (Å²) in [4.78, 5) is 10.4. The molecule has 0 aromatic heterocycles. The lowest BCUT2D eigenvalue weighted by Gasteiger charge is -2.06. The highest BCUT2D eigenvalue weighted by Crippen LogP contribution is 2.28. The molecule has 0 unspecified atom stereocenters. The molecule has 0 aliphatic rings. The molecule has 5 heteroatoms. The molecule has 0 saturated carbocycles. The molecule has 0 aliphatic heterocycles. The van der Waals surface area contributed by atoms with Gasteiger partial charge in [-0.05, 0) is 43.3 Å². The van der Waals surface area contributed by atoms with Crippen LogP contribution in [0.1, 0.15) is 5.56 Å². The van der Waals surface area contributed by atoms with E-state index in [0.717, 1.165) is 0 Å². The number of nitrogen functional groups attached to an aromatic ring is 1. The quantitative estimate of drug-likeness (QED) is 0.510. The van der Waals surface area contributed by atoms with E-state index in [-0.39, 0.29) is 5.69 Å². The Hall–Kier alpha value is -2.56. The number of hydrogen-bond acceptors (Lipinski definition) is 4. The Bertz CT molecular complexity index is 579. The van der Waals surface area contributed by atoms with E-state index in [9.17, 15) is 10.1 Å². The van der Waals surface area contributed by atoms with E-state index in [1.165, 1.54) is 6.07 Å². The minimum Gasteiger partial charge on any atom is -0.457 e. The number of anilines is 1. The zero-order valence-electron chi connectivity index (χ0n) is 9.79. The molecule has 2 rings (SSSR count). The lowest BCUT2D eigenvalue weighted by molar-refractivity contribution is -0.385. The number of aryl methyl sites for hydroxylation is 1. The third-order valence-electron chi connectivity index (χ3n) is 2.49. The minimum atomic E-state index is -0.425. The first kappa shape index (κ1) is 11.9. The van der Waals surface area contributed by atoms with Gasteiger partial charge in [0.25, 0.3) is 5.69 Å². The Morgan fingerprint density at radius 2 is 1.72 bits per heavy atom. The fourth-order valence-corrected chi connectivity index (χ4v) is 1.52. The van der Waals surface area contributed by atoms with Crippen LogP contribution in [-0.2, 0) is 0 Å². The van der Waals surface area contributed by atoms with Crippen LogP contribution < -0.4 is 10.5 Å². The molecular formula is C13H12N2O3. The van der Waals surface area contributed by atoms with Crippen LogP contribution in [0.15, 0.2) is 42.5 Å². The third kappa shape index (κ3) is 2.57. The lowest BCUT2D eigenvalue weighted by atomic mass is 10.2. The molecule has 2 N–H and O–H groups in total. The van der Waals surface area contributed by atoms with Crippen molar-refractivity contribution in [1.82, 2.24) is 0 Å². The van der Waals surface area contributed by atoms with E-state index in [0.29, 0.717) is 22.7 Å². The number of rotatable bonds is 3. The molecule has 0 heterocycles. The second kappa shape index (κ2) is 4.75. The molecule has 0 fully saturated rings. The van der Waals surface area contributed by atoms with Crippen molar-refractivity contribution in [3.8, 4) is 11.5 Å². The Kier molecular flexibility index (Phi) is 3.14. The van der Waals surface area contributed by atoms with Crippen LogP contribution in [0.2, 0.25) is 0 Å². The number of nitro groups is 1. The maximum atomic E-state index is 10.8. The summed E-state index contributed by atoms with van der Waals surface area (Å²) >= 11 is 0. The van der Waals surface area contributed by atoms with Gasteiger partial charge >= 0.3 is 0 Å². The number of hydrogen-bond donors (Lipinski definition) is 1. The first-order valence-electron chi connectivity index (χ1n) is 5.35. The second-order valence-electron chi connectivity index (χ2n) is 3.88. The predicted molar refractivity (Wildman–Crippen MR) is 68.8 cm³/mol. The first-order valence-corrected chi connectivity index (χ1v) is 5.35. The maximum absolute atomic E-state index is 10.8. The van der Waals surface area contributed by atoms with Crippen LogP contribution in [0.3, 0.4) is 0 Å². The summed E-state index contributed by atoms with van der Waals surface area (Å²) < 4.78 is 5.52. The van der Waals surface area contributed by atoms with Crippen molar-refractivity contribution in [1.29, 1.82) is 0 Å². The predicted octanol–water partition coefficient (Wildman–Crippen LogP) is 3.28. The second-order valence-corrected chi connectivity index (χ2v) is 3.88.